The molecule has 0 unspecified atom stereocenters. The highest BCUT2D eigenvalue weighted by atomic mass is 35.5. The zero-order chi connectivity index (χ0) is 13.1. The van der Waals surface area contributed by atoms with Gasteiger partial charge in [-0.15, -0.1) is 0 Å². The third-order valence-corrected chi connectivity index (χ3v) is 2.30. The molecule has 0 saturated heterocycles. The minimum atomic E-state index is -0.616. The smallest absolute Gasteiger partial charge is 0.271 e. The van der Waals surface area contributed by atoms with Crippen LogP contribution < -0.4 is 5.32 Å². The van der Waals surface area contributed by atoms with E-state index < -0.39 is 10.8 Å². The molecule has 2 aromatic rings. The Bertz CT molecular complexity index is 597. The number of imidazole rings is 1. The molecule has 1 aromatic heterocycles. The summed E-state index contributed by atoms with van der Waals surface area (Å²) in [6, 6.07) is 3.65. The molecule has 18 heavy (non-hydrogen) atoms. The van der Waals surface area contributed by atoms with Crippen LogP contribution in [-0.2, 0) is 0 Å². The lowest BCUT2D eigenvalue weighted by Gasteiger charge is -2.02. The van der Waals surface area contributed by atoms with Crippen LogP contribution in [0, 0.1) is 10.1 Å². The number of nitro groups is 1. The molecule has 0 fully saturated rings. The number of anilines is 1. The van der Waals surface area contributed by atoms with Crippen molar-refractivity contribution in [3.05, 3.63) is 51.3 Å². The maximum atomic E-state index is 11.8. The summed E-state index contributed by atoms with van der Waals surface area (Å²) >= 11 is 5.71. The highest BCUT2D eigenvalue weighted by molar-refractivity contribution is 6.31. The van der Waals surface area contributed by atoms with Gasteiger partial charge >= 0.3 is 0 Å². The first-order valence-electron chi connectivity index (χ1n) is 4.82. The highest BCUT2D eigenvalue weighted by Gasteiger charge is 2.14. The standard InChI is InChI=1S/C10H7ClN4O3/c11-7-3-6(4-8(5-7)15(17)18)9(16)14-10-12-1-2-13-10/h1-5H,(H2,12,13,14,16). The molecule has 2 N–H and O–H groups in total. The van der Waals surface area contributed by atoms with Crippen LogP contribution in [0.3, 0.4) is 0 Å². The Balaban J connectivity index is 2.27. The number of nitro benzene ring substituents is 1. The molecule has 0 atom stereocenters. The van der Waals surface area contributed by atoms with Gasteiger partial charge in [-0.05, 0) is 6.07 Å². The molecule has 0 aliphatic carbocycles. The first-order valence-corrected chi connectivity index (χ1v) is 5.20. The number of amides is 1. The van der Waals surface area contributed by atoms with Gasteiger partial charge in [0.15, 0.2) is 0 Å². The third kappa shape index (κ3) is 2.64. The van der Waals surface area contributed by atoms with Gasteiger partial charge in [-0.25, -0.2) is 4.98 Å². The number of nitrogens with zero attached hydrogens (tertiary/aromatic N) is 2. The van der Waals surface area contributed by atoms with Crippen LogP contribution in [0.2, 0.25) is 5.02 Å². The van der Waals surface area contributed by atoms with E-state index in [1.54, 1.807) is 0 Å². The second-order valence-corrected chi connectivity index (χ2v) is 3.78. The molecular formula is C10H7ClN4O3. The Morgan fingerprint density at radius 3 is 2.83 bits per heavy atom. The highest BCUT2D eigenvalue weighted by Crippen LogP contribution is 2.21. The minimum Gasteiger partial charge on any atom is -0.331 e. The molecule has 1 heterocycles. The first kappa shape index (κ1) is 12.1. The fraction of sp³-hybridized carbons (Fsp3) is 0. The van der Waals surface area contributed by atoms with Crippen LogP contribution in [0.25, 0.3) is 0 Å². The maximum absolute atomic E-state index is 11.8. The van der Waals surface area contributed by atoms with E-state index in [1.807, 2.05) is 0 Å². The lowest BCUT2D eigenvalue weighted by molar-refractivity contribution is -0.384. The fourth-order valence-corrected chi connectivity index (χ4v) is 1.55. The van der Waals surface area contributed by atoms with Crippen LogP contribution in [-0.4, -0.2) is 20.8 Å². The van der Waals surface area contributed by atoms with Crippen molar-refractivity contribution in [2.45, 2.75) is 0 Å². The van der Waals surface area contributed by atoms with Gasteiger partial charge in [0.1, 0.15) is 0 Å². The number of aromatic nitrogens is 2. The Labute approximate surface area is 106 Å². The van der Waals surface area contributed by atoms with E-state index in [0.29, 0.717) is 0 Å². The zero-order valence-corrected chi connectivity index (χ0v) is 9.64. The summed E-state index contributed by atoms with van der Waals surface area (Å²) in [6.45, 7) is 0. The van der Waals surface area contributed by atoms with E-state index in [4.69, 9.17) is 11.6 Å². The molecule has 1 amide bonds. The third-order valence-electron chi connectivity index (χ3n) is 2.09. The van der Waals surface area contributed by atoms with Crippen molar-refractivity contribution in [2.75, 3.05) is 5.32 Å². The maximum Gasteiger partial charge on any atom is 0.271 e. The Hall–Kier alpha value is -2.41. The molecule has 1 aromatic carbocycles. The van der Waals surface area contributed by atoms with Gasteiger partial charge in [0.25, 0.3) is 11.6 Å². The zero-order valence-electron chi connectivity index (χ0n) is 8.88. The molecule has 0 spiro atoms. The lowest BCUT2D eigenvalue weighted by atomic mass is 10.2. The van der Waals surface area contributed by atoms with Crippen LogP contribution in [0.1, 0.15) is 10.4 Å². The van der Waals surface area contributed by atoms with E-state index in [9.17, 15) is 14.9 Å². The number of hydrogen-bond acceptors (Lipinski definition) is 4. The van der Waals surface area contributed by atoms with Gasteiger partial charge < -0.3 is 4.98 Å². The number of halogens is 1. The van der Waals surface area contributed by atoms with Crippen LogP contribution >= 0.6 is 11.6 Å². The number of nitrogens with one attached hydrogen (secondary N) is 2. The van der Waals surface area contributed by atoms with Crippen molar-refractivity contribution in [1.82, 2.24) is 9.97 Å². The predicted octanol–water partition coefficient (Wildman–Crippen LogP) is 2.22. The van der Waals surface area contributed by atoms with Crippen molar-refractivity contribution in [3.8, 4) is 0 Å². The number of H-pyrrole nitrogens is 1. The van der Waals surface area contributed by atoms with Gasteiger partial charge in [-0.1, -0.05) is 11.6 Å². The lowest BCUT2D eigenvalue weighted by Crippen LogP contribution is -2.13. The number of rotatable bonds is 3. The second kappa shape index (κ2) is 4.84. The molecule has 92 valence electrons. The van der Waals surface area contributed by atoms with Gasteiger partial charge in [0, 0.05) is 35.1 Å². The van der Waals surface area contributed by atoms with E-state index in [2.05, 4.69) is 15.3 Å². The van der Waals surface area contributed by atoms with Crippen molar-refractivity contribution >= 4 is 29.1 Å². The largest absolute Gasteiger partial charge is 0.331 e. The van der Waals surface area contributed by atoms with Crippen molar-refractivity contribution in [2.24, 2.45) is 0 Å². The summed E-state index contributed by atoms with van der Waals surface area (Å²) in [5.74, 6) is -0.279. The molecule has 0 aliphatic heterocycles. The van der Waals surface area contributed by atoms with Gasteiger partial charge in [-0.2, -0.15) is 0 Å². The van der Waals surface area contributed by atoms with Crippen LogP contribution in [0.4, 0.5) is 11.6 Å². The molecule has 0 bridgehead atoms. The SMILES string of the molecule is O=C(Nc1ncc[nH]1)c1cc(Cl)cc([N+](=O)[O-])c1. The number of carbonyl (C=O) groups excluding carboxylic acids is 1. The number of benzene rings is 1. The number of carbonyl (C=O) groups is 1. The summed E-state index contributed by atoms with van der Waals surface area (Å²) in [5, 5.41) is 13.2. The molecule has 0 saturated carbocycles. The van der Waals surface area contributed by atoms with Crippen molar-refractivity contribution in [3.63, 3.8) is 0 Å². The summed E-state index contributed by atoms with van der Waals surface area (Å²) in [5.41, 5.74) is -0.155. The van der Waals surface area contributed by atoms with E-state index in [1.165, 1.54) is 24.5 Å². The molecule has 7 nitrogen and oxygen atoms in total. The number of hydrogen-bond donors (Lipinski definition) is 2. The van der Waals surface area contributed by atoms with Gasteiger partial charge in [0.2, 0.25) is 5.95 Å². The average Bonchev–Trinajstić information content (AvgIpc) is 2.80. The minimum absolute atomic E-state index is 0.0885. The van der Waals surface area contributed by atoms with Crippen LogP contribution in [0.5, 0.6) is 0 Å². The monoisotopic (exact) mass is 266 g/mol. The molecule has 8 heteroatoms. The average molecular weight is 267 g/mol. The summed E-state index contributed by atoms with van der Waals surface area (Å²) in [7, 11) is 0. The topological polar surface area (TPSA) is 101 Å². The van der Waals surface area contributed by atoms with E-state index in [0.717, 1.165) is 6.07 Å². The predicted molar refractivity (Wildman–Crippen MR) is 64.6 cm³/mol. The normalized spacial score (nSPS) is 10.1. The van der Waals surface area contributed by atoms with E-state index >= 15 is 0 Å². The summed E-state index contributed by atoms with van der Waals surface area (Å²) in [6.07, 6.45) is 3.01. The summed E-state index contributed by atoms with van der Waals surface area (Å²) < 4.78 is 0. The molecular weight excluding hydrogens is 260 g/mol. The Morgan fingerprint density at radius 1 is 1.44 bits per heavy atom. The Kier molecular flexibility index (Phi) is 3.24. The van der Waals surface area contributed by atoms with Crippen molar-refractivity contribution < 1.29 is 9.72 Å². The van der Waals surface area contributed by atoms with Gasteiger partial charge in [-0.3, -0.25) is 20.2 Å². The quantitative estimate of drug-likeness (QED) is 0.657. The molecule has 2 rings (SSSR count). The second-order valence-electron chi connectivity index (χ2n) is 3.35. The Morgan fingerprint density at radius 2 is 2.22 bits per heavy atom. The fourth-order valence-electron chi connectivity index (χ4n) is 1.32. The number of non-ortho nitro benzene ring substituents is 1. The molecule has 0 aliphatic rings. The summed E-state index contributed by atoms with van der Waals surface area (Å²) in [4.78, 5) is 28.3. The van der Waals surface area contributed by atoms with Crippen molar-refractivity contribution in [1.29, 1.82) is 0 Å². The van der Waals surface area contributed by atoms with E-state index in [-0.39, 0.29) is 22.2 Å². The first-order chi connectivity index (χ1) is 8.56. The van der Waals surface area contributed by atoms with Crippen LogP contribution in [0.15, 0.2) is 30.6 Å². The number of aromatic amines is 1. The molecule has 0 radical (unpaired) electrons. The van der Waals surface area contributed by atoms with Gasteiger partial charge in [0.05, 0.1) is 4.92 Å².